The van der Waals surface area contributed by atoms with Crippen molar-refractivity contribution in [1.82, 2.24) is 0 Å². The van der Waals surface area contributed by atoms with Gasteiger partial charge in [0.1, 0.15) is 0 Å². The van der Waals surface area contributed by atoms with Crippen LogP contribution in [-0.2, 0) is 0 Å². The third-order valence-electron chi connectivity index (χ3n) is 1.50. The van der Waals surface area contributed by atoms with Gasteiger partial charge in [-0.15, -0.1) is 5.23 Å². The molecule has 0 unspecified atom stereocenters. The molecule has 0 saturated carbocycles. The third kappa shape index (κ3) is 1.84. The lowest BCUT2D eigenvalue weighted by Gasteiger charge is -2.07. The van der Waals surface area contributed by atoms with Crippen molar-refractivity contribution < 1.29 is 15.2 Å². The van der Waals surface area contributed by atoms with Crippen LogP contribution in [0, 0.1) is 5.39 Å². The van der Waals surface area contributed by atoms with Crippen molar-refractivity contribution in [3.8, 4) is 5.75 Å². The Labute approximate surface area is 74.1 Å². The van der Waals surface area contributed by atoms with Gasteiger partial charge in [-0.05, 0) is 6.07 Å². The molecule has 1 rings (SSSR count). The molecule has 0 aliphatic rings. The lowest BCUT2D eigenvalue weighted by molar-refractivity contribution is 0.0290. The molecule has 6 heteroatoms. The van der Waals surface area contributed by atoms with E-state index in [-0.39, 0.29) is 22.4 Å². The van der Waals surface area contributed by atoms with Crippen LogP contribution >= 0.6 is 0 Å². The predicted octanol–water partition coefficient (Wildman–Crippen LogP) is 1.76. The largest absolute Gasteiger partial charge is 0.489 e. The zero-order valence-electron chi connectivity index (χ0n) is 6.88. The van der Waals surface area contributed by atoms with E-state index in [4.69, 9.17) is 20.5 Å². The summed E-state index contributed by atoms with van der Waals surface area (Å²) in [5.74, 6) is 0.244. The van der Waals surface area contributed by atoms with Crippen LogP contribution in [0.4, 0.5) is 11.4 Å². The second-order valence-corrected chi connectivity index (χ2v) is 2.25. The molecule has 6 nitrogen and oxygen atoms in total. The summed E-state index contributed by atoms with van der Waals surface area (Å²) in [5.41, 5.74) is 0.331. The number of anilines is 1. The second kappa shape index (κ2) is 3.71. The minimum absolute atomic E-state index is 0.0519. The molecule has 2 N–H and O–H groups in total. The Hall–Kier alpha value is -1.84. The normalized spacial score (nSPS) is 9.08. The number of diazo groups is 1. The van der Waals surface area contributed by atoms with Crippen LogP contribution in [0.25, 0.3) is 4.98 Å². The fourth-order valence-electron chi connectivity index (χ4n) is 0.873. The number of hydrogen-bond donors (Lipinski definition) is 2. The van der Waals surface area contributed by atoms with Gasteiger partial charge < -0.3 is 4.74 Å². The summed E-state index contributed by atoms with van der Waals surface area (Å²) in [6.07, 6.45) is 0. The Bertz CT molecular complexity index is 345. The quantitative estimate of drug-likeness (QED) is 0.538. The summed E-state index contributed by atoms with van der Waals surface area (Å²) in [6.45, 7) is 0. The molecule has 0 bridgehead atoms. The summed E-state index contributed by atoms with van der Waals surface area (Å²) in [6, 6.07) is 4.06. The van der Waals surface area contributed by atoms with Gasteiger partial charge in [0.15, 0.2) is 4.98 Å². The molecule has 68 valence electrons. The molecule has 0 saturated heterocycles. The van der Waals surface area contributed by atoms with E-state index in [1.165, 1.54) is 25.3 Å². The number of ether oxygens (including phenoxy) is 1. The van der Waals surface area contributed by atoms with E-state index in [2.05, 4.69) is 4.98 Å². The van der Waals surface area contributed by atoms with E-state index in [1.54, 1.807) is 0 Å². The van der Waals surface area contributed by atoms with E-state index in [9.17, 15) is 0 Å². The molecule has 0 aromatic heterocycles. The van der Waals surface area contributed by atoms with Crippen LogP contribution in [0.2, 0.25) is 0 Å². The van der Waals surface area contributed by atoms with Gasteiger partial charge >= 0.3 is 5.69 Å². The van der Waals surface area contributed by atoms with Gasteiger partial charge in [-0.3, -0.25) is 10.4 Å². The second-order valence-electron chi connectivity index (χ2n) is 2.25. The molecule has 0 spiro atoms. The molecule has 0 fully saturated rings. The first-order valence-electron chi connectivity index (χ1n) is 3.40. The van der Waals surface area contributed by atoms with E-state index in [0.717, 1.165) is 0 Å². The van der Waals surface area contributed by atoms with E-state index >= 15 is 0 Å². The maximum atomic E-state index is 8.65. The molecule has 1 aromatic carbocycles. The average molecular weight is 182 g/mol. The fourth-order valence-corrected chi connectivity index (χ4v) is 0.873. The molecule has 0 aliphatic heterocycles. The maximum absolute atomic E-state index is 8.65. The monoisotopic (exact) mass is 182 g/mol. The molecule has 0 amide bonds. The third-order valence-corrected chi connectivity index (χ3v) is 1.50. The number of hydrogen-bond acceptors (Lipinski definition) is 5. The minimum atomic E-state index is -0.0519. The number of nitrogens with zero attached hydrogens (tertiary/aromatic N) is 3. The smallest absolute Gasteiger partial charge is 0.426 e. The molecule has 13 heavy (non-hydrogen) atoms. The van der Waals surface area contributed by atoms with E-state index in [1.807, 2.05) is 0 Å². The van der Waals surface area contributed by atoms with Gasteiger partial charge in [0.05, 0.1) is 12.8 Å². The summed E-state index contributed by atoms with van der Waals surface area (Å²) < 4.78 is 4.82. The highest BCUT2D eigenvalue weighted by atomic mass is 16.8. The Morgan fingerprint density at radius 1 is 1.46 bits per heavy atom. The van der Waals surface area contributed by atoms with Crippen LogP contribution in [0.1, 0.15) is 0 Å². The first-order valence-corrected chi connectivity index (χ1v) is 3.40. The topological polar surface area (TPSA) is 81.1 Å². The zero-order valence-corrected chi connectivity index (χ0v) is 6.88. The van der Waals surface area contributed by atoms with Crippen molar-refractivity contribution in [3.05, 3.63) is 23.2 Å². The van der Waals surface area contributed by atoms with Crippen molar-refractivity contribution in [1.29, 1.82) is 5.39 Å². The predicted molar refractivity (Wildman–Crippen MR) is 43.8 cm³/mol. The highest BCUT2D eigenvalue weighted by Gasteiger charge is 2.15. The highest BCUT2D eigenvalue weighted by Crippen LogP contribution is 2.30. The summed E-state index contributed by atoms with van der Waals surface area (Å²) >= 11 is 0. The number of rotatable bonds is 2. The van der Waals surface area contributed by atoms with Crippen molar-refractivity contribution in [3.63, 3.8) is 0 Å². The lowest BCUT2D eigenvalue weighted by atomic mass is 10.2. The lowest BCUT2D eigenvalue weighted by Crippen LogP contribution is -2.10. The minimum Gasteiger partial charge on any atom is -0.489 e. The van der Waals surface area contributed by atoms with E-state index in [0.29, 0.717) is 0 Å². The van der Waals surface area contributed by atoms with Crippen LogP contribution in [0.5, 0.6) is 5.75 Å². The highest BCUT2D eigenvalue weighted by molar-refractivity contribution is 5.63. The summed E-state index contributed by atoms with van der Waals surface area (Å²) in [5, 5.41) is 25.7. The van der Waals surface area contributed by atoms with Gasteiger partial charge in [0.2, 0.25) is 11.1 Å². The fraction of sp³-hybridized carbons (Fsp3) is 0.143. The Morgan fingerprint density at radius 3 is 2.62 bits per heavy atom. The Balaban J connectivity index is 3.15. The van der Waals surface area contributed by atoms with Gasteiger partial charge in [-0.25, -0.2) is 0 Å². The van der Waals surface area contributed by atoms with Crippen LogP contribution in [-0.4, -0.2) is 17.5 Å². The SMILES string of the molecule is COc1cc(N(O)O)ccc1[N+]#N. The molecule has 0 aliphatic carbocycles. The van der Waals surface area contributed by atoms with Crippen molar-refractivity contribution >= 4 is 11.4 Å². The molecule has 1 aromatic rings. The molecule has 0 radical (unpaired) electrons. The van der Waals surface area contributed by atoms with E-state index < -0.39 is 0 Å². The van der Waals surface area contributed by atoms with Crippen LogP contribution < -0.4 is 9.96 Å². The first-order chi connectivity index (χ1) is 6.19. The zero-order chi connectivity index (χ0) is 9.84. The standard InChI is InChI=1S/C7H8N3O3/c1-13-7-4-5(10(11)12)2-3-6(7)9-8/h2-4,11-12H,1H3/q+1. The summed E-state index contributed by atoms with van der Waals surface area (Å²) in [4.78, 5) is 2.94. The average Bonchev–Trinajstić information content (AvgIpc) is 2.16. The molecule has 0 heterocycles. The molecular weight excluding hydrogens is 174 g/mol. The van der Waals surface area contributed by atoms with Crippen LogP contribution in [0.15, 0.2) is 18.2 Å². The van der Waals surface area contributed by atoms with Gasteiger partial charge in [-0.1, -0.05) is 0 Å². The molecule has 0 atom stereocenters. The Kier molecular flexibility index (Phi) is 2.64. The number of benzene rings is 1. The van der Waals surface area contributed by atoms with Crippen molar-refractivity contribution in [2.75, 3.05) is 12.3 Å². The summed E-state index contributed by atoms with van der Waals surface area (Å²) in [7, 11) is 1.38. The molecular formula is C7H8N3O3+. The first kappa shape index (κ1) is 9.25. The number of methoxy groups -OCH3 is 1. The van der Waals surface area contributed by atoms with Gasteiger partial charge in [0.25, 0.3) is 0 Å². The van der Waals surface area contributed by atoms with Gasteiger partial charge in [-0.2, -0.15) is 0 Å². The van der Waals surface area contributed by atoms with Gasteiger partial charge in [0, 0.05) is 12.1 Å². The van der Waals surface area contributed by atoms with Crippen molar-refractivity contribution in [2.24, 2.45) is 0 Å². The van der Waals surface area contributed by atoms with Crippen LogP contribution in [0.3, 0.4) is 0 Å². The van der Waals surface area contributed by atoms with Crippen molar-refractivity contribution in [2.45, 2.75) is 0 Å². The maximum Gasteiger partial charge on any atom is 0.426 e. The Morgan fingerprint density at radius 2 is 2.15 bits per heavy atom.